The van der Waals surface area contributed by atoms with Gasteiger partial charge < -0.3 is 4.74 Å². The summed E-state index contributed by atoms with van der Waals surface area (Å²) in [5.74, 6) is -0.700. The zero-order valence-electron chi connectivity index (χ0n) is 8.13. The molecule has 6 heteroatoms. The molecule has 0 aromatic heterocycles. The molecule has 0 aliphatic rings. The molecule has 0 atom stereocenters. The van der Waals surface area contributed by atoms with E-state index in [1.807, 2.05) is 0 Å². The van der Waals surface area contributed by atoms with E-state index in [9.17, 15) is 13.6 Å². The fourth-order valence-corrected chi connectivity index (χ4v) is 1.60. The largest absolute Gasteiger partial charge is 0.433 e. The fraction of sp³-hybridized carbons (Fsp3) is 0.200. The summed E-state index contributed by atoms with van der Waals surface area (Å²) in [5, 5.41) is 8.81. The van der Waals surface area contributed by atoms with Gasteiger partial charge in [-0.15, -0.1) is 0 Å². The van der Waals surface area contributed by atoms with Crippen molar-refractivity contribution in [2.75, 3.05) is 0 Å². The summed E-state index contributed by atoms with van der Waals surface area (Å²) in [7, 11) is 0. The zero-order chi connectivity index (χ0) is 12.3. The lowest BCUT2D eigenvalue weighted by atomic mass is 10.0. The van der Waals surface area contributed by atoms with E-state index in [0.717, 1.165) is 0 Å². The lowest BCUT2D eigenvalue weighted by Gasteiger charge is -2.09. The minimum absolute atomic E-state index is 0.0486. The molecule has 0 spiro atoms. The van der Waals surface area contributed by atoms with Gasteiger partial charge in [-0.1, -0.05) is 15.9 Å². The van der Waals surface area contributed by atoms with Crippen LogP contribution in [-0.2, 0) is 0 Å². The molecule has 0 saturated heterocycles. The number of ether oxygens (including phenoxy) is 1. The van der Waals surface area contributed by atoms with Gasteiger partial charge in [-0.05, 0) is 19.1 Å². The van der Waals surface area contributed by atoms with Gasteiger partial charge in [0, 0.05) is 10.0 Å². The summed E-state index contributed by atoms with van der Waals surface area (Å²) in [6, 6.07) is 4.29. The van der Waals surface area contributed by atoms with Crippen LogP contribution in [0.4, 0.5) is 8.78 Å². The van der Waals surface area contributed by atoms with E-state index in [1.165, 1.54) is 19.1 Å². The number of alkyl halides is 2. The number of ketones is 1. The summed E-state index contributed by atoms with van der Waals surface area (Å²) in [6.45, 7) is -1.80. The first-order chi connectivity index (χ1) is 7.45. The Labute approximate surface area is 98.8 Å². The van der Waals surface area contributed by atoms with Crippen LogP contribution in [0.1, 0.15) is 22.8 Å². The van der Waals surface area contributed by atoms with Crippen molar-refractivity contribution in [2.24, 2.45) is 0 Å². The number of benzene rings is 1. The molecule has 0 radical (unpaired) electrons. The van der Waals surface area contributed by atoms with Crippen molar-refractivity contribution >= 4 is 21.7 Å². The normalized spacial score (nSPS) is 10.0. The van der Waals surface area contributed by atoms with Crippen LogP contribution in [0.3, 0.4) is 0 Å². The van der Waals surface area contributed by atoms with E-state index in [1.54, 1.807) is 6.07 Å². The van der Waals surface area contributed by atoms with Crippen molar-refractivity contribution in [2.45, 2.75) is 13.5 Å². The van der Waals surface area contributed by atoms with E-state index >= 15 is 0 Å². The Balaban J connectivity index is 3.37. The molecule has 3 nitrogen and oxygen atoms in total. The Bertz CT molecular complexity index is 469. The average Bonchev–Trinajstić information content (AvgIpc) is 2.15. The molecule has 0 fully saturated rings. The number of hydrogen-bond acceptors (Lipinski definition) is 3. The summed E-state index contributed by atoms with van der Waals surface area (Å²) >= 11 is 3.05. The minimum Gasteiger partial charge on any atom is -0.433 e. The Morgan fingerprint density at radius 1 is 1.56 bits per heavy atom. The number of carbonyl (C=O) groups is 1. The molecule has 0 bridgehead atoms. The van der Waals surface area contributed by atoms with Crippen LogP contribution in [0, 0.1) is 11.3 Å². The third kappa shape index (κ3) is 2.76. The zero-order valence-corrected chi connectivity index (χ0v) is 9.72. The van der Waals surface area contributed by atoms with Gasteiger partial charge in [0.2, 0.25) is 0 Å². The summed E-state index contributed by atoms with van der Waals surface area (Å²) in [5.41, 5.74) is -0.136. The smallest absolute Gasteiger partial charge is 0.387 e. The van der Waals surface area contributed by atoms with Crippen LogP contribution in [-0.4, -0.2) is 12.4 Å². The van der Waals surface area contributed by atoms with Gasteiger partial charge >= 0.3 is 6.61 Å². The molecule has 1 rings (SSSR count). The second kappa shape index (κ2) is 5.03. The van der Waals surface area contributed by atoms with Crippen molar-refractivity contribution in [3.05, 3.63) is 27.7 Å². The second-order valence-electron chi connectivity index (χ2n) is 2.87. The van der Waals surface area contributed by atoms with Crippen molar-refractivity contribution in [1.82, 2.24) is 0 Å². The monoisotopic (exact) mass is 289 g/mol. The van der Waals surface area contributed by atoms with E-state index < -0.39 is 12.4 Å². The maximum absolute atomic E-state index is 12.1. The van der Waals surface area contributed by atoms with E-state index in [4.69, 9.17) is 5.26 Å². The van der Waals surface area contributed by atoms with Crippen LogP contribution >= 0.6 is 15.9 Å². The molecule has 0 aliphatic carbocycles. The second-order valence-corrected chi connectivity index (χ2v) is 3.79. The minimum atomic E-state index is -3.04. The molecule has 16 heavy (non-hydrogen) atoms. The molecule has 0 aliphatic heterocycles. The quantitative estimate of drug-likeness (QED) is 0.804. The molecule has 0 heterocycles. The number of rotatable bonds is 3. The first kappa shape index (κ1) is 12.6. The first-order valence-corrected chi connectivity index (χ1v) is 4.94. The van der Waals surface area contributed by atoms with Crippen molar-refractivity contribution in [3.8, 4) is 11.8 Å². The maximum Gasteiger partial charge on any atom is 0.387 e. The van der Waals surface area contributed by atoms with Crippen LogP contribution in [0.5, 0.6) is 5.75 Å². The molecule has 84 valence electrons. The maximum atomic E-state index is 12.1. The van der Waals surface area contributed by atoms with Gasteiger partial charge in [-0.2, -0.15) is 14.0 Å². The van der Waals surface area contributed by atoms with Gasteiger partial charge in [0.05, 0.1) is 0 Å². The highest BCUT2D eigenvalue weighted by Crippen LogP contribution is 2.28. The SMILES string of the molecule is CC(=O)c1cc(Br)cc(OC(F)F)c1C#N. The molecular weight excluding hydrogens is 284 g/mol. The predicted molar refractivity (Wildman–Crippen MR) is 55.5 cm³/mol. The predicted octanol–water partition coefficient (Wildman–Crippen LogP) is 3.12. The molecule has 0 N–H and O–H groups in total. The Hall–Kier alpha value is -1.48. The van der Waals surface area contributed by atoms with Crippen molar-refractivity contribution in [1.29, 1.82) is 5.26 Å². The Kier molecular flexibility index (Phi) is 3.96. The number of nitrogens with zero attached hydrogens (tertiary/aromatic N) is 1. The third-order valence-electron chi connectivity index (χ3n) is 1.77. The van der Waals surface area contributed by atoms with E-state index in [2.05, 4.69) is 20.7 Å². The fourth-order valence-electron chi connectivity index (χ4n) is 1.16. The number of nitriles is 1. The van der Waals surface area contributed by atoms with Crippen molar-refractivity contribution < 1.29 is 18.3 Å². The third-order valence-corrected chi connectivity index (χ3v) is 2.23. The van der Waals surface area contributed by atoms with Crippen LogP contribution in [0.2, 0.25) is 0 Å². The van der Waals surface area contributed by atoms with Gasteiger partial charge in [0.15, 0.2) is 5.78 Å². The lowest BCUT2D eigenvalue weighted by molar-refractivity contribution is -0.0501. The molecular formula is C10H6BrF2NO2. The number of Topliss-reactive ketones (excluding diaryl/α,β-unsaturated/α-hetero) is 1. The molecule has 0 unspecified atom stereocenters. The van der Waals surface area contributed by atoms with Crippen LogP contribution in [0.15, 0.2) is 16.6 Å². The topological polar surface area (TPSA) is 50.1 Å². The summed E-state index contributed by atoms with van der Waals surface area (Å²) < 4.78 is 28.7. The summed E-state index contributed by atoms with van der Waals surface area (Å²) in [6.07, 6.45) is 0. The number of hydrogen-bond donors (Lipinski definition) is 0. The Morgan fingerprint density at radius 2 is 2.19 bits per heavy atom. The number of carbonyl (C=O) groups excluding carboxylic acids is 1. The van der Waals surface area contributed by atoms with E-state index in [-0.39, 0.29) is 16.9 Å². The molecule has 1 aromatic rings. The molecule has 1 aromatic carbocycles. The van der Waals surface area contributed by atoms with Gasteiger partial charge in [0.25, 0.3) is 0 Å². The molecule has 0 amide bonds. The first-order valence-electron chi connectivity index (χ1n) is 4.15. The number of halogens is 3. The van der Waals surface area contributed by atoms with Gasteiger partial charge in [-0.3, -0.25) is 4.79 Å². The highest BCUT2D eigenvalue weighted by molar-refractivity contribution is 9.10. The van der Waals surface area contributed by atoms with Crippen LogP contribution in [0.25, 0.3) is 0 Å². The Morgan fingerprint density at radius 3 is 2.62 bits per heavy atom. The van der Waals surface area contributed by atoms with Gasteiger partial charge in [0.1, 0.15) is 17.4 Å². The van der Waals surface area contributed by atoms with Crippen molar-refractivity contribution in [3.63, 3.8) is 0 Å². The van der Waals surface area contributed by atoms with Gasteiger partial charge in [-0.25, -0.2) is 0 Å². The highest BCUT2D eigenvalue weighted by atomic mass is 79.9. The standard InChI is InChI=1S/C10H6BrF2NO2/c1-5(15)7-2-6(11)3-9(8(7)4-14)16-10(12)13/h2-3,10H,1H3. The van der Waals surface area contributed by atoms with E-state index in [0.29, 0.717) is 4.47 Å². The highest BCUT2D eigenvalue weighted by Gasteiger charge is 2.17. The average molecular weight is 290 g/mol. The van der Waals surface area contributed by atoms with Crippen LogP contribution < -0.4 is 4.74 Å². The molecule has 0 saturated carbocycles. The summed E-state index contributed by atoms with van der Waals surface area (Å²) in [4.78, 5) is 11.2. The lowest BCUT2D eigenvalue weighted by Crippen LogP contribution is -2.06.